The molecule has 0 bridgehead atoms. The van der Waals surface area contributed by atoms with Crippen molar-refractivity contribution in [2.45, 2.75) is 105 Å². The Morgan fingerprint density at radius 1 is 1.03 bits per heavy atom. The first-order valence-corrected chi connectivity index (χ1v) is 12.9. The van der Waals surface area contributed by atoms with Gasteiger partial charge < -0.3 is 5.11 Å². The van der Waals surface area contributed by atoms with Gasteiger partial charge in [0.05, 0.1) is 0 Å². The van der Waals surface area contributed by atoms with Crippen molar-refractivity contribution in [3.8, 4) is 0 Å². The van der Waals surface area contributed by atoms with Crippen LogP contribution < -0.4 is 0 Å². The second kappa shape index (κ2) is 7.86. The fourth-order valence-corrected chi connectivity index (χ4v) is 9.60. The third-order valence-corrected chi connectivity index (χ3v) is 11.2. The molecule has 0 aromatic carbocycles. The van der Waals surface area contributed by atoms with Crippen LogP contribution in [-0.2, 0) is 4.79 Å². The zero-order chi connectivity index (χ0) is 21.0. The number of carboxylic acid groups (broad SMARTS) is 1. The minimum Gasteiger partial charge on any atom is -0.481 e. The van der Waals surface area contributed by atoms with Gasteiger partial charge >= 0.3 is 5.97 Å². The van der Waals surface area contributed by atoms with Gasteiger partial charge in [-0.25, -0.2) is 0 Å². The summed E-state index contributed by atoms with van der Waals surface area (Å²) in [5.41, 5.74) is 1.05. The van der Waals surface area contributed by atoms with Gasteiger partial charge in [-0.15, -0.1) is 0 Å². The molecule has 0 heterocycles. The van der Waals surface area contributed by atoms with Crippen molar-refractivity contribution in [2.24, 2.45) is 58.2 Å². The van der Waals surface area contributed by atoms with E-state index in [0.29, 0.717) is 23.2 Å². The molecule has 0 aliphatic heterocycles. The minimum absolute atomic E-state index is 0.347. The average molecular weight is 403 g/mol. The van der Waals surface area contributed by atoms with E-state index in [1.807, 2.05) is 0 Å². The number of aliphatic carboxylic acids is 1. The molecule has 0 saturated heterocycles. The van der Waals surface area contributed by atoms with Crippen molar-refractivity contribution < 1.29 is 9.90 Å². The predicted octanol–water partition coefficient (Wildman–Crippen LogP) is 7.42. The molecule has 29 heavy (non-hydrogen) atoms. The largest absolute Gasteiger partial charge is 0.481 e. The molecular formula is C27H46O2. The lowest BCUT2D eigenvalue weighted by Crippen LogP contribution is -2.56. The third-order valence-electron chi connectivity index (χ3n) is 11.2. The Bertz CT molecular complexity index is 614. The third kappa shape index (κ3) is 3.49. The molecule has 4 aliphatic rings. The molecule has 2 nitrogen and oxygen atoms in total. The van der Waals surface area contributed by atoms with Gasteiger partial charge in [-0.3, -0.25) is 4.79 Å². The summed E-state index contributed by atoms with van der Waals surface area (Å²) in [4.78, 5) is 11.1. The summed E-state index contributed by atoms with van der Waals surface area (Å²) in [6, 6.07) is 0. The zero-order valence-corrected chi connectivity index (χ0v) is 19.8. The van der Waals surface area contributed by atoms with Crippen molar-refractivity contribution in [1.29, 1.82) is 0 Å². The van der Waals surface area contributed by atoms with Crippen LogP contribution in [0.4, 0.5) is 0 Å². The van der Waals surface area contributed by atoms with E-state index in [1.165, 1.54) is 57.8 Å². The molecule has 1 N–H and O–H groups in total. The SMILES string of the molecule is CCC1CC2CC(C)CCC2(C)C2CCC3(C)C(C(C)CCC(=O)O)CCC3C12. The molecule has 0 amide bonds. The Hall–Kier alpha value is -0.530. The Kier molecular flexibility index (Phi) is 5.88. The van der Waals surface area contributed by atoms with Gasteiger partial charge in [0.25, 0.3) is 0 Å². The molecule has 166 valence electrons. The van der Waals surface area contributed by atoms with Crippen LogP contribution in [0, 0.1) is 58.2 Å². The van der Waals surface area contributed by atoms with Gasteiger partial charge in [0.1, 0.15) is 0 Å². The second-order valence-corrected chi connectivity index (χ2v) is 12.4. The minimum atomic E-state index is -0.621. The Morgan fingerprint density at radius 2 is 1.72 bits per heavy atom. The molecule has 0 aromatic rings. The van der Waals surface area contributed by atoms with Crippen molar-refractivity contribution in [3.05, 3.63) is 0 Å². The van der Waals surface area contributed by atoms with E-state index >= 15 is 0 Å². The highest BCUT2D eigenvalue weighted by Gasteiger charge is 2.62. The Labute approximate surface area is 179 Å². The number of hydrogen-bond acceptors (Lipinski definition) is 1. The summed E-state index contributed by atoms with van der Waals surface area (Å²) in [5, 5.41) is 9.18. The predicted molar refractivity (Wildman–Crippen MR) is 120 cm³/mol. The summed E-state index contributed by atoms with van der Waals surface area (Å²) in [6.07, 6.45) is 14.1. The first kappa shape index (κ1) is 21.7. The monoisotopic (exact) mass is 402 g/mol. The van der Waals surface area contributed by atoms with Crippen molar-refractivity contribution >= 4 is 5.97 Å². The molecule has 4 fully saturated rings. The van der Waals surface area contributed by atoms with E-state index in [4.69, 9.17) is 0 Å². The quantitative estimate of drug-likeness (QED) is 0.519. The standard InChI is InChI=1S/C27H46O2/c1-6-19-16-20-15-17(2)11-13-26(20,4)23-12-14-27(5)21(8-9-22(27)25(19)23)18(3)7-10-24(28)29/h17-23,25H,6-16H2,1-5H3,(H,28,29). The highest BCUT2D eigenvalue weighted by atomic mass is 16.4. The van der Waals surface area contributed by atoms with Crippen LogP contribution in [0.3, 0.4) is 0 Å². The van der Waals surface area contributed by atoms with E-state index in [0.717, 1.165) is 47.8 Å². The molecular weight excluding hydrogens is 356 g/mol. The number of carbonyl (C=O) groups is 1. The lowest BCUT2D eigenvalue weighted by molar-refractivity contribution is -0.147. The summed E-state index contributed by atoms with van der Waals surface area (Å²) in [6.45, 7) is 12.6. The van der Waals surface area contributed by atoms with Crippen LogP contribution in [0.15, 0.2) is 0 Å². The maximum absolute atomic E-state index is 11.1. The van der Waals surface area contributed by atoms with Gasteiger partial charge in [0, 0.05) is 6.42 Å². The Morgan fingerprint density at radius 3 is 2.41 bits per heavy atom. The van der Waals surface area contributed by atoms with Crippen molar-refractivity contribution in [1.82, 2.24) is 0 Å². The molecule has 4 saturated carbocycles. The fraction of sp³-hybridized carbons (Fsp3) is 0.963. The summed E-state index contributed by atoms with van der Waals surface area (Å²) in [5.74, 6) is 6.28. The van der Waals surface area contributed by atoms with Crippen LogP contribution >= 0.6 is 0 Å². The lowest BCUT2D eigenvalue weighted by Gasteiger charge is -2.63. The van der Waals surface area contributed by atoms with Gasteiger partial charge in [-0.1, -0.05) is 47.5 Å². The van der Waals surface area contributed by atoms with Crippen molar-refractivity contribution in [3.63, 3.8) is 0 Å². The van der Waals surface area contributed by atoms with Gasteiger partial charge in [0.15, 0.2) is 0 Å². The first-order valence-electron chi connectivity index (χ1n) is 12.9. The molecule has 4 rings (SSSR count). The number of fused-ring (bicyclic) bond motifs is 5. The molecule has 0 radical (unpaired) electrons. The van der Waals surface area contributed by atoms with Gasteiger partial charge in [-0.05, 0) is 110 Å². The van der Waals surface area contributed by atoms with Crippen LogP contribution in [0.2, 0.25) is 0 Å². The highest BCUT2D eigenvalue weighted by Crippen LogP contribution is 2.70. The first-order chi connectivity index (χ1) is 13.7. The summed E-state index contributed by atoms with van der Waals surface area (Å²) < 4.78 is 0. The highest BCUT2D eigenvalue weighted by molar-refractivity contribution is 5.66. The lowest BCUT2D eigenvalue weighted by atomic mass is 9.41. The second-order valence-electron chi connectivity index (χ2n) is 12.4. The maximum Gasteiger partial charge on any atom is 0.303 e. The van der Waals surface area contributed by atoms with Crippen LogP contribution in [0.25, 0.3) is 0 Å². The summed E-state index contributed by atoms with van der Waals surface area (Å²) >= 11 is 0. The van der Waals surface area contributed by atoms with Crippen molar-refractivity contribution in [2.75, 3.05) is 0 Å². The van der Waals surface area contributed by atoms with E-state index in [9.17, 15) is 9.90 Å². The topological polar surface area (TPSA) is 37.3 Å². The molecule has 4 aliphatic carbocycles. The number of rotatable bonds is 5. The maximum atomic E-state index is 11.1. The number of carboxylic acids is 1. The van der Waals surface area contributed by atoms with Crippen LogP contribution in [0.5, 0.6) is 0 Å². The Balaban J connectivity index is 1.58. The smallest absolute Gasteiger partial charge is 0.303 e. The van der Waals surface area contributed by atoms with E-state index in [-0.39, 0.29) is 0 Å². The van der Waals surface area contributed by atoms with Crippen LogP contribution in [0.1, 0.15) is 105 Å². The zero-order valence-electron chi connectivity index (χ0n) is 19.8. The average Bonchev–Trinajstić information content (AvgIpc) is 3.03. The molecule has 0 aromatic heterocycles. The van der Waals surface area contributed by atoms with E-state index in [1.54, 1.807) is 0 Å². The summed E-state index contributed by atoms with van der Waals surface area (Å²) in [7, 11) is 0. The number of hydrogen-bond donors (Lipinski definition) is 1. The molecule has 0 spiro atoms. The van der Waals surface area contributed by atoms with Gasteiger partial charge in [-0.2, -0.15) is 0 Å². The molecule has 2 heteroatoms. The van der Waals surface area contributed by atoms with Gasteiger partial charge in [0.2, 0.25) is 0 Å². The van der Waals surface area contributed by atoms with E-state index < -0.39 is 5.97 Å². The van der Waals surface area contributed by atoms with Crippen LogP contribution in [-0.4, -0.2) is 11.1 Å². The van der Waals surface area contributed by atoms with E-state index in [2.05, 4.69) is 34.6 Å². The normalized spacial score (nSPS) is 50.3. The molecule has 10 unspecified atom stereocenters. The fourth-order valence-electron chi connectivity index (χ4n) is 9.60. The molecule has 10 atom stereocenters.